The number of benzene rings is 11. The van der Waals surface area contributed by atoms with Gasteiger partial charge in [0.2, 0.25) is 0 Å². The van der Waals surface area contributed by atoms with Crippen molar-refractivity contribution in [2.75, 3.05) is 9.80 Å². The maximum absolute atomic E-state index is 2.51. The quantitative estimate of drug-likeness (QED) is 0.170. The highest BCUT2D eigenvalue weighted by molar-refractivity contribution is 6.04. The Hall–Kier alpha value is -8.98. The van der Waals surface area contributed by atoms with Crippen LogP contribution in [0.4, 0.5) is 34.1 Å². The summed E-state index contributed by atoms with van der Waals surface area (Å²) in [5.74, 6) is 0. The molecule has 0 N–H and O–H groups in total. The SMILES string of the molecule is c1ccc(-c2ccc(N(c3ccc4c(c3)-c3ccccc3-c3ccccc3N4c3ccccc3)c3ccc4c(c3)C3(c5ccccc5-c5ccccc5-c5ccccc53)c3ccccc3-4)cc2)cc1. The average molecular weight is 877 g/mol. The van der Waals surface area contributed by atoms with Crippen LogP contribution in [0, 0.1) is 0 Å². The van der Waals surface area contributed by atoms with E-state index in [0.29, 0.717) is 0 Å². The number of hydrogen-bond acceptors (Lipinski definition) is 2. The van der Waals surface area contributed by atoms with Gasteiger partial charge in [0.25, 0.3) is 0 Å². The lowest BCUT2D eigenvalue weighted by molar-refractivity contribution is 0.775. The minimum atomic E-state index is -0.606. The molecule has 69 heavy (non-hydrogen) atoms. The molecule has 0 unspecified atom stereocenters. The lowest BCUT2D eigenvalue weighted by atomic mass is 9.66. The van der Waals surface area contributed by atoms with Crippen molar-refractivity contribution in [3.63, 3.8) is 0 Å². The summed E-state index contributed by atoms with van der Waals surface area (Å²) in [5, 5.41) is 0. The van der Waals surface area contributed by atoms with Crippen LogP contribution in [0.15, 0.2) is 267 Å². The summed E-state index contributed by atoms with van der Waals surface area (Å²) in [6, 6.07) is 99.0. The molecule has 0 saturated heterocycles. The third-order valence-electron chi connectivity index (χ3n) is 14.8. The van der Waals surface area contributed by atoms with Crippen LogP contribution < -0.4 is 9.80 Å². The molecule has 1 aliphatic heterocycles. The topological polar surface area (TPSA) is 6.48 Å². The molecule has 0 radical (unpaired) electrons. The molecule has 2 nitrogen and oxygen atoms in total. The molecule has 0 bridgehead atoms. The number of rotatable bonds is 5. The zero-order valence-corrected chi connectivity index (χ0v) is 37.8. The van der Waals surface area contributed by atoms with Gasteiger partial charge in [-0.15, -0.1) is 0 Å². The maximum atomic E-state index is 2.51. The Balaban J connectivity index is 1.04. The highest BCUT2D eigenvalue weighted by Gasteiger charge is 2.50. The van der Waals surface area contributed by atoms with Crippen LogP contribution in [0.25, 0.3) is 66.8 Å². The fraction of sp³-hybridized carbons (Fsp3) is 0.0149. The second-order valence-electron chi connectivity index (χ2n) is 18.3. The van der Waals surface area contributed by atoms with Gasteiger partial charge in [-0.05, 0) is 139 Å². The van der Waals surface area contributed by atoms with E-state index in [1.54, 1.807) is 0 Å². The van der Waals surface area contributed by atoms with Gasteiger partial charge in [-0.25, -0.2) is 0 Å². The van der Waals surface area contributed by atoms with Gasteiger partial charge >= 0.3 is 0 Å². The fourth-order valence-electron chi connectivity index (χ4n) is 12.0. The monoisotopic (exact) mass is 876 g/mol. The van der Waals surface area contributed by atoms with E-state index in [2.05, 4.69) is 277 Å². The average Bonchev–Trinajstić information content (AvgIpc) is 3.58. The van der Waals surface area contributed by atoms with Crippen molar-refractivity contribution >= 4 is 34.1 Å². The largest absolute Gasteiger partial charge is 0.310 e. The van der Waals surface area contributed by atoms with Gasteiger partial charge in [0.15, 0.2) is 0 Å². The molecule has 11 aromatic carbocycles. The third-order valence-corrected chi connectivity index (χ3v) is 14.8. The molecule has 1 heterocycles. The summed E-state index contributed by atoms with van der Waals surface area (Å²) in [4.78, 5) is 4.91. The van der Waals surface area contributed by atoms with E-state index >= 15 is 0 Å². The first-order valence-corrected chi connectivity index (χ1v) is 23.9. The fourth-order valence-corrected chi connectivity index (χ4v) is 12.0. The van der Waals surface area contributed by atoms with Gasteiger partial charge in [-0.3, -0.25) is 0 Å². The van der Waals surface area contributed by atoms with Crippen LogP contribution in [0.5, 0.6) is 0 Å². The van der Waals surface area contributed by atoms with Crippen molar-refractivity contribution < 1.29 is 0 Å². The van der Waals surface area contributed by atoms with Gasteiger partial charge in [-0.2, -0.15) is 0 Å². The molecule has 0 saturated carbocycles. The smallest absolute Gasteiger partial charge is 0.0726 e. The Morgan fingerprint density at radius 3 is 1.25 bits per heavy atom. The second kappa shape index (κ2) is 15.6. The number of nitrogens with zero attached hydrogens (tertiary/aromatic N) is 2. The molecule has 2 aliphatic carbocycles. The van der Waals surface area contributed by atoms with E-state index in [1.807, 2.05) is 0 Å². The van der Waals surface area contributed by atoms with Gasteiger partial charge in [0, 0.05) is 33.9 Å². The van der Waals surface area contributed by atoms with Crippen molar-refractivity contribution in [2.45, 2.75) is 5.41 Å². The Kier molecular flexibility index (Phi) is 8.84. The van der Waals surface area contributed by atoms with Crippen LogP contribution in [0.2, 0.25) is 0 Å². The molecule has 0 atom stereocenters. The first kappa shape index (κ1) is 39.2. The molecule has 0 amide bonds. The van der Waals surface area contributed by atoms with Crippen LogP contribution in [0.3, 0.4) is 0 Å². The molecule has 1 spiro atoms. The van der Waals surface area contributed by atoms with E-state index in [0.717, 1.165) is 34.1 Å². The van der Waals surface area contributed by atoms with E-state index < -0.39 is 5.41 Å². The van der Waals surface area contributed by atoms with E-state index in [1.165, 1.54) is 89.0 Å². The predicted molar refractivity (Wildman–Crippen MR) is 287 cm³/mol. The van der Waals surface area contributed by atoms with Crippen molar-refractivity contribution in [2.24, 2.45) is 0 Å². The summed E-state index contributed by atoms with van der Waals surface area (Å²) in [6.07, 6.45) is 0. The second-order valence-corrected chi connectivity index (χ2v) is 18.3. The minimum Gasteiger partial charge on any atom is -0.310 e. The minimum absolute atomic E-state index is 0.606. The molecule has 14 rings (SSSR count). The van der Waals surface area contributed by atoms with Crippen molar-refractivity contribution in [3.05, 3.63) is 289 Å². The van der Waals surface area contributed by atoms with E-state index in [9.17, 15) is 0 Å². The summed E-state index contributed by atoms with van der Waals surface area (Å²) in [7, 11) is 0. The van der Waals surface area contributed by atoms with Gasteiger partial charge in [0.1, 0.15) is 0 Å². The zero-order valence-electron chi connectivity index (χ0n) is 37.8. The van der Waals surface area contributed by atoms with Crippen LogP contribution in [-0.2, 0) is 5.41 Å². The summed E-state index contributed by atoms with van der Waals surface area (Å²) in [6.45, 7) is 0. The zero-order chi connectivity index (χ0) is 45.5. The first-order chi connectivity index (χ1) is 34.3. The first-order valence-electron chi connectivity index (χ1n) is 23.9. The van der Waals surface area contributed by atoms with Crippen molar-refractivity contribution in [3.8, 4) is 66.8 Å². The Bertz CT molecular complexity index is 3730. The molecular formula is C67H44N2. The number of hydrogen-bond donors (Lipinski definition) is 0. The summed E-state index contributed by atoms with van der Waals surface area (Å²) >= 11 is 0. The van der Waals surface area contributed by atoms with Crippen LogP contribution in [0.1, 0.15) is 22.3 Å². The van der Waals surface area contributed by atoms with Gasteiger partial charge in [0.05, 0.1) is 16.8 Å². The molecule has 322 valence electrons. The predicted octanol–water partition coefficient (Wildman–Crippen LogP) is 18.0. The lowest BCUT2D eigenvalue weighted by Gasteiger charge is -2.36. The lowest BCUT2D eigenvalue weighted by Crippen LogP contribution is -2.29. The maximum Gasteiger partial charge on any atom is 0.0726 e. The van der Waals surface area contributed by atoms with Gasteiger partial charge < -0.3 is 9.80 Å². The molecule has 3 aliphatic rings. The Morgan fingerprint density at radius 2 is 0.638 bits per heavy atom. The van der Waals surface area contributed by atoms with Crippen molar-refractivity contribution in [1.29, 1.82) is 0 Å². The highest BCUT2D eigenvalue weighted by Crippen LogP contribution is 2.62. The third kappa shape index (κ3) is 5.86. The standard InChI is InChI=1S/C67H44N2/c1-3-19-45(20-4-1)46-35-37-48(38-36-46)68(49-40-42-66-60(43-49)54-26-10-9-25-53(54)59-30-14-18-34-65(59)69(66)47-21-5-2-6-22-47)50-39-41-58-57-29-13-17-33-63(57)67(64(58)44-50)61-31-15-11-27-55(61)51-23-7-8-24-52(51)56-28-12-16-32-62(56)67/h1-44H. The number of fused-ring (bicyclic) bond motifs is 17. The Morgan fingerprint density at radius 1 is 0.246 bits per heavy atom. The molecule has 0 aromatic heterocycles. The highest BCUT2D eigenvalue weighted by atomic mass is 15.2. The molecule has 11 aromatic rings. The Labute approximate surface area is 403 Å². The summed E-state index contributed by atoms with van der Waals surface area (Å²) < 4.78 is 0. The summed E-state index contributed by atoms with van der Waals surface area (Å²) in [5.41, 5.74) is 26.0. The molecule has 2 heteroatoms. The van der Waals surface area contributed by atoms with Crippen molar-refractivity contribution in [1.82, 2.24) is 0 Å². The van der Waals surface area contributed by atoms with E-state index in [-0.39, 0.29) is 0 Å². The van der Waals surface area contributed by atoms with Gasteiger partial charge in [-0.1, -0.05) is 206 Å². The normalized spacial score (nSPS) is 13.0. The molecule has 0 fully saturated rings. The van der Waals surface area contributed by atoms with Crippen LogP contribution >= 0.6 is 0 Å². The van der Waals surface area contributed by atoms with Crippen LogP contribution in [-0.4, -0.2) is 0 Å². The number of para-hydroxylation sites is 2. The number of anilines is 6. The van der Waals surface area contributed by atoms with E-state index in [4.69, 9.17) is 0 Å². The molecular weight excluding hydrogens is 833 g/mol.